The summed E-state index contributed by atoms with van der Waals surface area (Å²) in [6, 6.07) is 11.7. The summed E-state index contributed by atoms with van der Waals surface area (Å²) < 4.78 is 5.89. The summed E-state index contributed by atoms with van der Waals surface area (Å²) in [5, 5.41) is 10.5. The summed E-state index contributed by atoms with van der Waals surface area (Å²) in [5.74, 6) is 1.97. The van der Waals surface area contributed by atoms with E-state index >= 15 is 0 Å². The summed E-state index contributed by atoms with van der Waals surface area (Å²) in [6.07, 6.45) is 7.84. The highest BCUT2D eigenvalue weighted by molar-refractivity contribution is 7.10. The number of piperidine rings is 1. The predicted octanol–water partition coefficient (Wildman–Crippen LogP) is 5.27. The molecule has 240 valence electrons. The number of hydrogen-bond acceptors (Lipinski definition) is 11. The molecule has 3 saturated heterocycles. The minimum atomic E-state index is -0.0223. The molecule has 0 bridgehead atoms. The third-order valence-corrected chi connectivity index (χ3v) is 10.5. The average molecular weight is 633 g/mol. The van der Waals surface area contributed by atoms with E-state index in [1.807, 2.05) is 30.2 Å². The molecule has 4 fully saturated rings. The van der Waals surface area contributed by atoms with Gasteiger partial charge in [-0.25, -0.2) is 15.0 Å². The van der Waals surface area contributed by atoms with Crippen LogP contribution in [-0.2, 0) is 9.63 Å². The van der Waals surface area contributed by atoms with E-state index in [-0.39, 0.29) is 11.9 Å². The molecule has 12 heteroatoms. The lowest BCUT2D eigenvalue weighted by molar-refractivity contribution is -0.115. The van der Waals surface area contributed by atoms with Crippen LogP contribution in [0.15, 0.2) is 42.0 Å². The topological polar surface area (TPSA) is 98.3 Å². The summed E-state index contributed by atoms with van der Waals surface area (Å²) in [4.78, 5) is 36.7. The van der Waals surface area contributed by atoms with E-state index in [4.69, 9.17) is 9.57 Å². The molecule has 1 aliphatic carbocycles. The molecule has 2 N–H and O–H groups in total. The fraction of sp³-hybridized carbons (Fsp3) is 0.545. The quantitative estimate of drug-likeness (QED) is 0.308. The molecule has 1 saturated carbocycles. The summed E-state index contributed by atoms with van der Waals surface area (Å²) in [6.45, 7) is 9.16. The number of piperazine rings is 1. The molecule has 11 nitrogen and oxygen atoms in total. The highest BCUT2D eigenvalue weighted by Gasteiger charge is 2.34. The first-order chi connectivity index (χ1) is 22.1. The standard InChI is InChI=1S/C33H44N8O3S/c1-3-33(42)37-25-19-26(36-31-21-32(35-22-34-31)41-27(10-17-44-41)30-5-4-18-45-30)29(43-2)20-28(25)40-11-8-24(9-12-40)39-15-13-38(14-16-39)23-6-7-23/h4-5,18-24,27H,3,6-17H2,1-2H3,(H,37,42)(H,34,35,36). The lowest BCUT2D eigenvalue weighted by atomic mass is 10.0. The number of methoxy groups -OCH3 is 1. The van der Waals surface area contributed by atoms with Crippen molar-refractivity contribution in [3.63, 3.8) is 0 Å². The van der Waals surface area contributed by atoms with Gasteiger partial charge in [0, 0.05) is 81.2 Å². The van der Waals surface area contributed by atoms with Gasteiger partial charge in [0.25, 0.3) is 0 Å². The highest BCUT2D eigenvalue weighted by Crippen LogP contribution is 2.41. The molecule has 45 heavy (non-hydrogen) atoms. The second kappa shape index (κ2) is 13.5. The van der Waals surface area contributed by atoms with Gasteiger partial charge in [0.1, 0.15) is 17.9 Å². The Morgan fingerprint density at radius 2 is 1.73 bits per heavy atom. The van der Waals surface area contributed by atoms with Gasteiger partial charge >= 0.3 is 0 Å². The summed E-state index contributed by atoms with van der Waals surface area (Å²) in [7, 11) is 1.68. The maximum Gasteiger partial charge on any atom is 0.224 e. The molecular weight excluding hydrogens is 588 g/mol. The van der Waals surface area contributed by atoms with Crippen molar-refractivity contribution < 1.29 is 14.4 Å². The van der Waals surface area contributed by atoms with Crippen LogP contribution in [0.2, 0.25) is 0 Å². The normalized spacial score (nSPS) is 21.7. The van der Waals surface area contributed by atoms with E-state index in [0.29, 0.717) is 36.5 Å². The van der Waals surface area contributed by atoms with Crippen molar-refractivity contribution in [1.82, 2.24) is 19.8 Å². The Hall–Kier alpha value is -3.45. The predicted molar refractivity (Wildman–Crippen MR) is 179 cm³/mol. The van der Waals surface area contributed by atoms with Gasteiger partial charge in [0.2, 0.25) is 5.91 Å². The van der Waals surface area contributed by atoms with E-state index in [0.717, 1.165) is 55.5 Å². The lowest BCUT2D eigenvalue weighted by Crippen LogP contribution is -2.53. The minimum Gasteiger partial charge on any atom is -0.494 e. The number of carbonyl (C=O) groups excluding carboxylic acids is 1. The molecule has 3 aliphatic heterocycles. The number of thiophene rings is 1. The molecule has 0 radical (unpaired) electrons. The Morgan fingerprint density at radius 3 is 2.40 bits per heavy atom. The van der Waals surface area contributed by atoms with Crippen LogP contribution in [0.3, 0.4) is 0 Å². The molecule has 1 atom stereocenters. The molecule has 1 aromatic carbocycles. The molecule has 2 aromatic heterocycles. The number of anilines is 5. The van der Waals surface area contributed by atoms with Crippen molar-refractivity contribution in [2.75, 3.05) is 73.6 Å². The van der Waals surface area contributed by atoms with Crippen LogP contribution in [-0.4, -0.2) is 90.7 Å². The maximum atomic E-state index is 12.7. The van der Waals surface area contributed by atoms with Crippen molar-refractivity contribution in [3.05, 3.63) is 46.9 Å². The number of nitrogens with zero attached hydrogens (tertiary/aromatic N) is 6. The van der Waals surface area contributed by atoms with Crippen LogP contribution in [0.5, 0.6) is 5.75 Å². The number of rotatable bonds is 10. The van der Waals surface area contributed by atoms with Crippen LogP contribution < -0.4 is 25.3 Å². The van der Waals surface area contributed by atoms with E-state index in [2.05, 4.69) is 52.8 Å². The zero-order valence-corrected chi connectivity index (χ0v) is 27.1. The fourth-order valence-electron chi connectivity index (χ4n) is 6.92. The van der Waals surface area contributed by atoms with Crippen LogP contribution in [0.25, 0.3) is 0 Å². The lowest BCUT2D eigenvalue weighted by Gasteiger charge is -2.43. The molecule has 1 unspecified atom stereocenters. The van der Waals surface area contributed by atoms with Gasteiger partial charge in [0.15, 0.2) is 5.82 Å². The molecule has 0 spiro atoms. The van der Waals surface area contributed by atoms with Crippen molar-refractivity contribution in [1.29, 1.82) is 0 Å². The van der Waals surface area contributed by atoms with E-state index < -0.39 is 0 Å². The second-order valence-electron chi connectivity index (χ2n) is 12.4. The van der Waals surface area contributed by atoms with Gasteiger partial charge < -0.3 is 20.3 Å². The van der Waals surface area contributed by atoms with Crippen molar-refractivity contribution in [2.24, 2.45) is 0 Å². The number of hydrogen-bond donors (Lipinski definition) is 2. The first-order valence-electron chi connectivity index (χ1n) is 16.4. The van der Waals surface area contributed by atoms with Gasteiger partial charge in [-0.3, -0.25) is 19.4 Å². The van der Waals surface area contributed by atoms with Crippen molar-refractivity contribution >= 4 is 45.9 Å². The van der Waals surface area contributed by atoms with Crippen LogP contribution in [0.1, 0.15) is 56.4 Å². The second-order valence-corrected chi connectivity index (χ2v) is 13.3. The Bertz CT molecular complexity index is 1450. The van der Waals surface area contributed by atoms with Gasteiger partial charge in [0.05, 0.1) is 36.8 Å². The maximum absolute atomic E-state index is 12.7. The largest absolute Gasteiger partial charge is 0.494 e. The Labute approximate surface area is 269 Å². The number of aromatic nitrogens is 2. The third kappa shape index (κ3) is 6.74. The molecule has 5 heterocycles. The number of nitrogens with one attached hydrogen (secondary N) is 2. The highest BCUT2D eigenvalue weighted by atomic mass is 32.1. The van der Waals surface area contributed by atoms with Gasteiger partial charge in [-0.15, -0.1) is 11.3 Å². The van der Waals surface area contributed by atoms with Crippen LogP contribution >= 0.6 is 11.3 Å². The minimum absolute atomic E-state index is 0.0223. The summed E-state index contributed by atoms with van der Waals surface area (Å²) >= 11 is 1.72. The van der Waals surface area contributed by atoms with Crippen molar-refractivity contribution in [3.8, 4) is 5.75 Å². The first kappa shape index (κ1) is 30.2. The number of amides is 1. The number of benzene rings is 1. The fourth-order valence-corrected chi connectivity index (χ4v) is 7.77. The van der Waals surface area contributed by atoms with E-state index in [1.165, 1.54) is 43.9 Å². The molecule has 7 rings (SSSR count). The third-order valence-electron chi connectivity index (χ3n) is 9.56. The van der Waals surface area contributed by atoms with Gasteiger partial charge in [-0.05, 0) is 43.2 Å². The molecular formula is C33H44N8O3S. The monoisotopic (exact) mass is 632 g/mol. The molecule has 4 aliphatic rings. The Balaban J connectivity index is 1.08. The number of carbonyl (C=O) groups is 1. The van der Waals surface area contributed by atoms with Crippen molar-refractivity contribution in [2.45, 2.75) is 63.6 Å². The number of ether oxygens (including phenoxy) is 1. The van der Waals surface area contributed by atoms with E-state index in [1.54, 1.807) is 24.8 Å². The Morgan fingerprint density at radius 1 is 0.978 bits per heavy atom. The van der Waals surface area contributed by atoms with Crippen LogP contribution in [0, 0.1) is 0 Å². The zero-order valence-electron chi connectivity index (χ0n) is 26.3. The van der Waals surface area contributed by atoms with Gasteiger partial charge in [-0.2, -0.15) is 0 Å². The average Bonchev–Trinajstić information content (AvgIpc) is 3.55. The Kier molecular flexibility index (Phi) is 9.06. The van der Waals surface area contributed by atoms with E-state index in [9.17, 15) is 4.79 Å². The SMILES string of the molecule is CCC(=O)Nc1cc(Nc2cc(N3OCCC3c3cccs3)ncn2)c(OC)cc1N1CCC(N2CCN(C3CC3)CC2)CC1. The zero-order chi connectivity index (χ0) is 30.8. The first-order valence-corrected chi connectivity index (χ1v) is 17.3. The summed E-state index contributed by atoms with van der Waals surface area (Å²) in [5.41, 5.74) is 2.48. The smallest absolute Gasteiger partial charge is 0.224 e. The molecule has 1 amide bonds. The number of hydroxylamine groups is 1. The molecule has 3 aromatic rings. The van der Waals surface area contributed by atoms with Crippen LogP contribution in [0.4, 0.5) is 28.7 Å². The van der Waals surface area contributed by atoms with Gasteiger partial charge in [-0.1, -0.05) is 13.0 Å².